The molecule has 1 amide bonds. The Hall–Kier alpha value is -3.13. The van der Waals surface area contributed by atoms with Crippen molar-refractivity contribution in [3.63, 3.8) is 0 Å². The van der Waals surface area contributed by atoms with E-state index >= 15 is 0 Å². The lowest BCUT2D eigenvalue weighted by Crippen LogP contribution is -2.38. The number of hydrogen-bond donors (Lipinski definition) is 3. The molecule has 1 aromatic carbocycles. The number of nitrogens with zero attached hydrogens (tertiary/aromatic N) is 2. The van der Waals surface area contributed by atoms with Crippen molar-refractivity contribution in [2.45, 2.75) is 25.9 Å². The number of H-pyrrole nitrogens is 1. The number of halogens is 1. The number of piperidine rings is 1. The minimum atomic E-state index is -0.254. The van der Waals surface area contributed by atoms with Gasteiger partial charge in [0.2, 0.25) is 5.91 Å². The molecule has 0 bridgehead atoms. The quantitative estimate of drug-likeness (QED) is 0.579. The normalized spacial score (nSPS) is 14.8. The lowest BCUT2D eigenvalue weighted by Gasteiger charge is -2.34. The fourth-order valence-corrected chi connectivity index (χ4v) is 3.83. The molecular formula is C22H26FN5O2. The number of amides is 1. The molecule has 1 aliphatic rings. The molecule has 8 heteroatoms. The predicted octanol–water partition coefficient (Wildman–Crippen LogP) is 3.49. The van der Waals surface area contributed by atoms with E-state index < -0.39 is 0 Å². The first-order valence-electron chi connectivity index (χ1n) is 10.1. The van der Waals surface area contributed by atoms with Gasteiger partial charge in [0.05, 0.1) is 11.6 Å². The maximum atomic E-state index is 13.7. The molecule has 4 rings (SSSR count). The van der Waals surface area contributed by atoms with Crippen LogP contribution in [0.5, 0.6) is 0 Å². The van der Waals surface area contributed by atoms with Crippen molar-refractivity contribution in [2.75, 3.05) is 37.0 Å². The Kier molecular flexibility index (Phi) is 5.85. The summed E-state index contributed by atoms with van der Waals surface area (Å²) in [6, 6.07) is 7.51. The van der Waals surface area contributed by atoms with Crippen molar-refractivity contribution >= 4 is 34.0 Å². The van der Waals surface area contributed by atoms with E-state index in [2.05, 4.69) is 25.5 Å². The van der Waals surface area contributed by atoms with Gasteiger partial charge in [-0.3, -0.25) is 4.79 Å². The van der Waals surface area contributed by atoms with Gasteiger partial charge in [-0.1, -0.05) is 0 Å². The second-order valence-electron chi connectivity index (χ2n) is 7.50. The highest BCUT2D eigenvalue weighted by Crippen LogP contribution is 2.30. The van der Waals surface area contributed by atoms with Crippen molar-refractivity contribution < 1.29 is 13.9 Å². The zero-order chi connectivity index (χ0) is 21.1. The number of ether oxygens (including phenoxy) is 1. The number of nitrogens with one attached hydrogen (secondary N) is 3. The van der Waals surface area contributed by atoms with Gasteiger partial charge in [-0.05, 0) is 44.0 Å². The third kappa shape index (κ3) is 4.23. The summed E-state index contributed by atoms with van der Waals surface area (Å²) in [5, 5.41) is 6.50. The molecule has 2 aromatic heterocycles. The largest absolute Gasteiger partial charge is 0.371 e. The monoisotopic (exact) mass is 411 g/mol. The molecule has 3 N–H and O–H groups in total. The molecule has 0 radical (unpaired) electrons. The van der Waals surface area contributed by atoms with E-state index in [4.69, 9.17) is 4.74 Å². The number of hydrogen-bond acceptors (Lipinski definition) is 5. The zero-order valence-electron chi connectivity index (χ0n) is 17.2. The molecule has 30 heavy (non-hydrogen) atoms. The van der Waals surface area contributed by atoms with Crippen LogP contribution in [-0.2, 0) is 9.53 Å². The molecule has 0 spiro atoms. The van der Waals surface area contributed by atoms with Crippen molar-refractivity contribution in [1.82, 2.24) is 15.3 Å². The molecule has 3 heterocycles. The Balaban J connectivity index is 1.43. The molecule has 3 aromatic rings. The molecule has 158 valence electrons. The van der Waals surface area contributed by atoms with Gasteiger partial charge in [0, 0.05) is 54.9 Å². The Labute approximate surface area is 174 Å². The first-order valence-corrected chi connectivity index (χ1v) is 10.1. The van der Waals surface area contributed by atoms with Crippen LogP contribution < -0.4 is 15.5 Å². The Morgan fingerprint density at radius 2 is 2.13 bits per heavy atom. The average Bonchev–Trinajstić information content (AvgIpc) is 3.14. The minimum absolute atomic E-state index is 0.0987. The fraction of sp³-hybridized carbons (Fsp3) is 0.364. The van der Waals surface area contributed by atoms with Crippen LogP contribution in [0.3, 0.4) is 0 Å². The number of aromatic nitrogens is 2. The molecule has 1 saturated heterocycles. The Bertz CT molecular complexity index is 1040. The molecule has 0 unspecified atom stereocenters. The van der Waals surface area contributed by atoms with Crippen molar-refractivity contribution in [3.05, 3.63) is 48.0 Å². The smallest absolute Gasteiger partial charge is 0.245 e. The van der Waals surface area contributed by atoms with Crippen LogP contribution in [0.2, 0.25) is 0 Å². The summed E-state index contributed by atoms with van der Waals surface area (Å²) in [6.07, 6.45) is 5.01. The van der Waals surface area contributed by atoms with Crippen molar-refractivity contribution in [3.8, 4) is 0 Å². The number of benzene rings is 1. The third-order valence-electron chi connectivity index (χ3n) is 5.58. The van der Waals surface area contributed by atoms with E-state index in [1.165, 1.54) is 6.20 Å². The number of rotatable bonds is 6. The van der Waals surface area contributed by atoms with Gasteiger partial charge in [0.15, 0.2) is 0 Å². The van der Waals surface area contributed by atoms with Gasteiger partial charge >= 0.3 is 0 Å². The summed E-state index contributed by atoms with van der Waals surface area (Å²) in [5.74, 6) is 0.422. The van der Waals surface area contributed by atoms with Gasteiger partial charge in [-0.25, -0.2) is 9.37 Å². The van der Waals surface area contributed by atoms with E-state index in [1.807, 2.05) is 25.1 Å². The summed E-state index contributed by atoms with van der Waals surface area (Å²) < 4.78 is 19.4. The van der Waals surface area contributed by atoms with Crippen LogP contribution in [0.4, 0.5) is 21.6 Å². The first-order chi connectivity index (χ1) is 14.5. The second-order valence-corrected chi connectivity index (χ2v) is 7.50. The minimum Gasteiger partial charge on any atom is -0.371 e. The lowest BCUT2D eigenvalue weighted by atomic mass is 10.1. The third-order valence-corrected chi connectivity index (χ3v) is 5.58. The number of anilines is 3. The van der Waals surface area contributed by atoms with Crippen LogP contribution >= 0.6 is 0 Å². The molecule has 1 aliphatic heterocycles. The van der Waals surface area contributed by atoms with E-state index in [-0.39, 0.29) is 24.4 Å². The van der Waals surface area contributed by atoms with Gasteiger partial charge in [0.1, 0.15) is 18.2 Å². The first kappa shape index (κ1) is 20.2. The van der Waals surface area contributed by atoms with Gasteiger partial charge in [0.25, 0.3) is 0 Å². The van der Waals surface area contributed by atoms with Gasteiger partial charge in [-0.15, -0.1) is 0 Å². The number of carbonyl (C=O) groups is 1. The summed E-state index contributed by atoms with van der Waals surface area (Å²) in [4.78, 5) is 21.1. The van der Waals surface area contributed by atoms with Crippen molar-refractivity contribution in [1.29, 1.82) is 0 Å². The number of carbonyl (C=O) groups excluding carboxylic acids is 1. The van der Waals surface area contributed by atoms with Crippen molar-refractivity contribution in [2.24, 2.45) is 0 Å². The van der Waals surface area contributed by atoms with Gasteiger partial charge in [-0.2, -0.15) is 0 Å². The Morgan fingerprint density at radius 3 is 2.90 bits per heavy atom. The highest BCUT2D eigenvalue weighted by molar-refractivity contribution is 5.84. The van der Waals surface area contributed by atoms with E-state index in [0.29, 0.717) is 5.39 Å². The lowest BCUT2D eigenvalue weighted by molar-refractivity contribution is -0.127. The fourth-order valence-electron chi connectivity index (χ4n) is 3.83. The molecule has 7 nitrogen and oxygen atoms in total. The molecule has 0 saturated carbocycles. The SMILES string of the molecule is CNC(=O)COC1CCN(c2ccnc(Nc3ccc4c(F)c[nH]c4c3)c2C)CC1. The number of likely N-dealkylation sites (N-methyl/N-ethyl adjacent to an activating group) is 1. The zero-order valence-corrected chi connectivity index (χ0v) is 17.2. The highest BCUT2D eigenvalue weighted by Gasteiger charge is 2.22. The molecule has 0 aliphatic carbocycles. The van der Waals surface area contributed by atoms with Crippen LogP contribution in [0.1, 0.15) is 18.4 Å². The van der Waals surface area contributed by atoms with E-state index in [0.717, 1.165) is 54.2 Å². The number of pyridine rings is 1. The van der Waals surface area contributed by atoms with Crippen LogP contribution in [0, 0.1) is 12.7 Å². The maximum absolute atomic E-state index is 13.7. The van der Waals surface area contributed by atoms with E-state index in [1.54, 1.807) is 19.3 Å². The standard InChI is InChI=1S/C22H26FN5O2/c1-14-20(28-9-6-16(7-10-28)30-13-21(29)24-2)5-8-25-22(14)27-15-3-4-17-18(23)12-26-19(17)11-15/h3-5,8,11-12,16,26H,6-7,9-10,13H2,1-2H3,(H,24,29)(H,25,27). The average molecular weight is 411 g/mol. The summed E-state index contributed by atoms with van der Waals surface area (Å²) >= 11 is 0. The maximum Gasteiger partial charge on any atom is 0.245 e. The summed E-state index contributed by atoms with van der Waals surface area (Å²) in [6.45, 7) is 3.87. The van der Waals surface area contributed by atoms with Crippen LogP contribution in [-0.4, -0.2) is 48.7 Å². The summed E-state index contributed by atoms with van der Waals surface area (Å²) in [5.41, 5.74) is 3.77. The highest BCUT2D eigenvalue weighted by atomic mass is 19.1. The summed E-state index contributed by atoms with van der Waals surface area (Å²) in [7, 11) is 1.61. The number of aromatic amines is 1. The van der Waals surface area contributed by atoms with Gasteiger partial charge < -0.3 is 25.3 Å². The number of fused-ring (bicyclic) bond motifs is 1. The molecular weight excluding hydrogens is 385 g/mol. The molecule has 1 fully saturated rings. The predicted molar refractivity (Wildman–Crippen MR) is 116 cm³/mol. The topological polar surface area (TPSA) is 82.3 Å². The second kappa shape index (κ2) is 8.71. The van der Waals surface area contributed by atoms with Crippen LogP contribution in [0.25, 0.3) is 10.9 Å². The Morgan fingerprint density at radius 1 is 1.33 bits per heavy atom. The van der Waals surface area contributed by atoms with Crippen LogP contribution in [0.15, 0.2) is 36.7 Å². The van der Waals surface area contributed by atoms with E-state index in [9.17, 15) is 9.18 Å². The molecule has 0 atom stereocenters.